The lowest BCUT2D eigenvalue weighted by molar-refractivity contribution is 0.301. The molecule has 2 aromatic carbocycles. The average molecular weight is 277 g/mol. The highest BCUT2D eigenvalue weighted by atomic mass is 19.2. The second-order valence-electron chi connectivity index (χ2n) is 4.83. The van der Waals surface area contributed by atoms with Gasteiger partial charge in [0.05, 0.1) is 0 Å². The zero-order valence-electron chi connectivity index (χ0n) is 11.3. The van der Waals surface area contributed by atoms with E-state index in [2.05, 4.69) is 0 Å². The molecule has 20 heavy (non-hydrogen) atoms. The van der Waals surface area contributed by atoms with Crippen LogP contribution in [0.3, 0.4) is 0 Å². The van der Waals surface area contributed by atoms with E-state index in [4.69, 9.17) is 10.5 Å². The molecule has 0 saturated carbocycles. The average Bonchev–Trinajstić information content (AvgIpc) is 2.41. The van der Waals surface area contributed by atoms with Gasteiger partial charge in [-0.1, -0.05) is 24.3 Å². The minimum absolute atomic E-state index is 0.0306. The fourth-order valence-electron chi connectivity index (χ4n) is 1.95. The molecule has 0 saturated heterocycles. The minimum Gasteiger partial charge on any atom is -0.489 e. The highest BCUT2D eigenvalue weighted by Gasteiger charge is 2.07. The second kappa shape index (κ2) is 6.48. The number of benzene rings is 2. The van der Waals surface area contributed by atoms with Crippen LogP contribution in [0.4, 0.5) is 8.78 Å². The van der Waals surface area contributed by atoms with Gasteiger partial charge in [-0.25, -0.2) is 8.78 Å². The van der Waals surface area contributed by atoms with E-state index in [1.165, 1.54) is 6.07 Å². The van der Waals surface area contributed by atoms with E-state index < -0.39 is 11.6 Å². The van der Waals surface area contributed by atoms with Crippen molar-refractivity contribution in [1.82, 2.24) is 0 Å². The van der Waals surface area contributed by atoms with Crippen LogP contribution in [0.2, 0.25) is 0 Å². The third kappa shape index (κ3) is 3.78. The minimum atomic E-state index is -0.866. The third-order valence-electron chi connectivity index (χ3n) is 2.89. The van der Waals surface area contributed by atoms with E-state index >= 15 is 0 Å². The Balaban J connectivity index is 2.08. The van der Waals surface area contributed by atoms with Gasteiger partial charge in [0.1, 0.15) is 12.4 Å². The normalized spacial score (nSPS) is 12.2. The quantitative estimate of drug-likeness (QED) is 0.908. The van der Waals surface area contributed by atoms with Crippen LogP contribution in [0.25, 0.3) is 0 Å². The van der Waals surface area contributed by atoms with E-state index in [0.29, 0.717) is 12.0 Å². The summed E-state index contributed by atoms with van der Waals surface area (Å²) in [4.78, 5) is 0. The summed E-state index contributed by atoms with van der Waals surface area (Å²) in [6.45, 7) is 2.11. The van der Waals surface area contributed by atoms with Crippen molar-refractivity contribution >= 4 is 0 Å². The molecular formula is C16H17F2NO. The Morgan fingerprint density at radius 3 is 2.55 bits per heavy atom. The first-order valence-electron chi connectivity index (χ1n) is 6.46. The maximum absolute atomic E-state index is 13.1. The molecule has 0 aliphatic carbocycles. The lowest BCUT2D eigenvalue weighted by Crippen LogP contribution is -2.18. The number of para-hydroxylation sites is 1. The Kier molecular flexibility index (Phi) is 4.69. The smallest absolute Gasteiger partial charge is 0.159 e. The molecular weight excluding hydrogens is 260 g/mol. The Labute approximate surface area is 117 Å². The largest absolute Gasteiger partial charge is 0.489 e. The van der Waals surface area contributed by atoms with Crippen molar-refractivity contribution in [3.63, 3.8) is 0 Å². The van der Waals surface area contributed by atoms with Crippen molar-refractivity contribution in [1.29, 1.82) is 0 Å². The van der Waals surface area contributed by atoms with Crippen molar-refractivity contribution in [3.05, 3.63) is 65.2 Å². The van der Waals surface area contributed by atoms with E-state index in [1.807, 2.05) is 31.2 Å². The fraction of sp³-hybridized carbons (Fsp3) is 0.250. The van der Waals surface area contributed by atoms with Gasteiger partial charge >= 0.3 is 0 Å². The molecule has 0 radical (unpaired) electrons. The van der Waals surface area contributed by atoms with Crippen LogP contribution in [-0.2, 0) is 13.0 Å². The molecule has 1 atom stereocenters. The maximum Gasteiger partial charge on any atom is 0.159 e. The van der Waals surface area contributed by atoms with Gasteiger partial charge in [-0.2, -0.15) is 0 Å². The number of hydrogen-bond acceptors (Lipinski definition) is 2. The van der Waals surface area contributed by atoms with Gasteiger partial charge in [-0.05, 0) is 42.7 Å². The first-order valence-corrected chi connectivity index (χ1v) is 6.46. The molecule has 2 nitrogen and oxygen atoms in total. The monoisotopic (exact) mass is 277 g/mol. The maximum atomic E-state index is 13.1. The third-order valence-corrected chi connectivity index (χ3v) is 2.89. The van der Waals surface area contributed by atoms with Crippen LogP contribution >= 0.6 is 0 Å². The van der Waals surface area contributed by atoms with E-state index in [-0.39, 0.29) is 12.6 Å². The molecule has 2 rings (SSSR count). The molecule has 0 amide bonds. The van der Waals surface area contributed by atoms with Gasteiger partial charge in [0.2, 0.25) is 0 Å². The van der Waals surface area contributed by atoms with Gasteiger partial charge in [0.15, 0.2) is 11.6 Å². The van der Waals surface area contributed by atoms with Gasteiger partial charge < -0.3 is 10.5 Å². The molecule has 2 N–H and O–H groups in total. The zero-order valence-corrected chi connectivity index (χ0v) is 11.3. The number of ether oxygens (including phenoxy) is 1. The Hall–Kier alpha value is -1.94. The van der Waals surface area contributed by atoms with Crippen molar-refractivity contribution in [3.8, 4) is 5.75 Å². The van der Waals surface area contributed by atoms with Crippen LogP contribution in [0, 0.1) is 11.6 Å². The molecule has 0 fully saturated rings. The Morgan fingerprint density at radius 1 is 1.10 bits per heavy atom. The van der Waals surface area contributed by atoms with Gasteiger partial charge in [0, 0.05) is 6.04 Å². The van der Waals surface area contributed by atoms with Crippen molar-refractivity contribution < 1.29 is 13.5 Å². The standard InChI is InChI=1S/C16H17F2NO/c1-11(19)8-13-4-2-3-5-16(13)20-10-12-6-7-14(17)15(18)9-12/h2-7,9,11H,8,10,19H2,1H3. The summed E-state index contributed by atoms with van der Waals surface area (Å²) in [5.74, 6) is -1.00. The van der Waals surface area contributed by atoms with Crippen LogP contribution in [-0.4, -0.2) is 6.04 Å². The number of nitrogens with two attached hydrogens (primary N) is 1. The molecule has 2 aromatic rings. The lowest BCUT2D eigenvalue weighted by atomic mass is 10.1. The van der Waals surface area contributed by atoms with Crippen LogP contribution in [0.5, 0.6) is 5.75 Å². The summed E-state index contributed by atoms with van der Waals surface area (Å²) in [6, 6.07) is 11.4. The van der Waals surface area contributed by atoms with Crippen LogP contribution < -0.4 is 10.5 Å². The molecule has 1 unspecified atom stereocenters. The summed E-state index contributed by atoms with van der Waals surface area (Å²) in [6.07, 6.45) is 0.702. The van der Waals surface area contributed by atoms with Crippen molar-refractivity contribution in [2.24, 2.45) is 5.73 Å². The SMILES string of the molecule is CC(N)Cc1ccccc1OCc1ccc(F)c(F)c1. The Bertz CT molecular complexity index is 584. The summed E-state index contributed by atoms with van der Waals surface area (Å²) in [5.41, 5.74) is 7.38. The summed E-state index contributed by atoms with van der Waals surface area (Å²) < 4.78 is 31.6. The highest BCUT2D eigenvalue weighted by molar-refractivity contribution is 5.34. The summed E-state index contributed by atoms with van der Waals surface area (Å²) in [5, 5.41) is 0. The number of hydrogen-bond donors (Lipinski definition) is 1. The second-order valence-corrected chi connectivity index (χ2v) is 4.83. The number of rotatable bonds is 5. The van der Waals surface area contributed by atoms with Gasteiger partial charge in [-0.3, -0.25) is 0 Å². The molecule has 106 valence electrons. The first kappa shape index (κ1) is 14.5. The molecule has 0 bridgehead atoms. The molecule has 4 heteroatoms. The topological polar surface area (TPSA) is 35.2 Å². The van der Waals surface area contributed by atoms with Gasteiger partial charge in [-0.15, -0.1) is 0 Å². The summed E-state index contributed by atoms with van der Waals surface area (Å²) in [7, 11) is 0. The summed E-state index contributed by atoms with van der Waals surface area (Å²) >= 11 is 0. The van der Waals surface area contributed by atoms with Crippen molar-refractivity contribution in [2.75, 3.05) is 0 Å². The van der Waals surface area contributed by atoms with E-state index in [9.17, 15) is 8.78 Å². The molecule has 0 spiro atoms. The van der Waals surface area contributed by atoms with Crippen LogP contribution in [0.15, 0.2) is 42.5 Å². The van der Waals surface area contributed by atoms with Crippen molar-refractivity contribution in [2.45, 2.75) is 26.0 Å². The molecule has 0 aromatic heterocycles. The van der Waals surface area contributed by atoms with E-state index in [0.717, 1.165) is 23.4 Å². The Morgan fingerprint density at radius 2 is 1.85 bits per heavy atom. The number of halogens is 2. The molecule has 0 aliphatic rings. The first-order chi connectivity index (χ1) is 9.56. The predicted octanol–water partition coefficient (Wildman–Crippen LogP) is 3.43. The highest BCUT2D eigenvalue weighted by Crippen LogP contribution is 2.21. The van der Waals surface area contributed by atoms with Gasteiger partial charge in [0.25, 0.3) is 0 Å². The van der Waals surface area contributed by atoms with Crippen LogP contribution in [0.1, 0.15) is 18.1 Å². The predicted molar refractivity (Wildman–Crippen MR) is 74.5 cm³/mol. The molecule has 0 heterocycles. The zero-order chi connectivity index (χ0) is 14.5. The fourth-order valence-corrected chi connectivity index (χ4v) is 1.95. The van der Waals surface area contributed by atoms with E-state index in [1.54, 1.807) is 0 Å². The molecule has 0 aliphatic heterocycles. The lowest BCUT2D eigenvalue weighted by Gasteiger charge is -2.13.